The van der Waals surface area contributed by atoms with Crippen LogP contribution >= 0.6 is 22.6 Å². The molecule has 0 saturated carbocycles. The summed E-state index contributed by atoms with van der Waals surface area (Å²) in [5, 5.41) is 4.08. The van der Waals surface area contributed by atoms with Gasteiger partial charge in [0.1, 0.15) is 0 Å². The van der Waals surface area contributed by atoms with E-state index >= 15 is 0 Å². The van der Waals surface area contributed by atoms with E-state index in [4.69, 9.17) is 0 Å². The minimum absolute atomic E-state index is 0.196. The summed E-state index contributed by atoms with van der Waals surface area (Å²) >= 11 is 2.14. The number of carbonyl (C=O) groups is 1. The van der Waals surface area contributed by atoms with Crippen molar-refractivity contribution in [3.05, 3.63) is 67.8 Å². The summed E-state index contributed by atoms with van der Waals surface area (Å²) in [6, 6.07) is 11.6. The smallest absolute Gasteiger partial charge is 0.267 e. The van der Waals surface area contributed by atoms with Crippen LogP contribution in [0.3, 0.4) is 0 Å². The number of carbonyl (C=O) groups excluding carboxylic acids is 1. The minimum Gasteiger partial charge on any atom is -0.267 e. The second kappa shape index (κ2) is 6.85. The molecule has 0 aliphatic carbocycles. The van der Waals surface area contributed by atoms with Gasteiger partial charge in [0.25, 0.3) is 5.91 Å². The molecule has 0 atom stereocenters. The van der Waals surface area contributed by atoms with E-state index < -0.39 is 0 Å². The fraction of sp³-hybridized carbons (Fsp3) is 0.176. The zero-order valence-electron chi connectivity index (χ0n) is 12.3. The summed E-state index contributed by atoms with van der Waals surface area (Å²) in [6.45, 7) is 6.16. The van der Waals surface area contributed by atoms with Gasteiger partial charge in [0.2, 0.25) is 0 Å². The van der Waals surface area contributed by atoms with Gasteiger partial charge in [-0.1, -0.05) is 29.8 Å². The molecule has 2 rings (SSSR count). The SMILES string of the molecule is Cc1cc(C)c(C=NNC(=O)c2ccccc2I)c(C)c1. The average molecular weight is 392 g/mol. The number of amides is 1. The second-order valence-corrected chi connectivity index (χ2v) is 6.15. The van der Waals surface area contributed by atoms with E-state index in [-0.39, 0.29) is 5.91 Å². The van der Waals surface area contributed by atoms with Crippen LogP contribution in [0.15, 0.2) is 41.5 Å². The standard InChI is InChI=1S/C17H17IN2O/c1-11-8-12(2)15(13(3)9-11)10-19-20-17(21)14-6-4-5-7-16(14)18/h4-10H,1-3H3,(H,20,21). The maximum atomic E-state index is 12.1. The van der Waals surface area contributed by atoms with Crippen LogP contribution in [0, 0.1) is 24.3 Å². The van der Waals surface area contributed by atoms with Crippen LogP contribution in [-0.4, -0.2) is 12.1 Å². The lowest BCUT2D eigenvalue weighted by atomic mass is 10.0. The largest absolute Gasteiger partial charge is 0.272 e. The highest BCUT2D eigenvalue weighted by atomic mass is 127. The maximum absolute atomic E-state index is 12.1. The van der Waals surface area contributed by atoms with E-state index in [0.29, 0.717) is 5.56 Å². The van der Waals surface area contributed by atoms with E-state index in [1.54, 1.807) is 12.3 Å². The molecule has 0 aromatic heterocycles. The molecular formula is C17H17IN2O. The van der Waals surface area contributed by atoms with Gasteiger partial charge in [0.15, 0.2) is 0 Å². The molecule has 0 saturated heterocycles. The summed E-state index contributed by atoms with van der Waals surface area (Å²) < 4.78 is 0.908. The van der Waals surface area contributed by atoms with Crippen molar-refractivity contribution >= 4 is 34.7 Å². The highest BCUT2D eigenvalue weighted by molar-refractivity contribution is 14.1. The Morgan fingerprint density at radius 3 is 2.38 bits per heavy atom. The Hall–Kier alpha value is -1.69. The Kier molecular flexibility index (Phi) is 5.12. The molecule has 0 heterocycles. The van der Waals surface area contributed by atoms with Gasteiger partial charge in [0, 0.05) is 9.13 Å². The maximum Gasteiger partial charge on any atom is 0.272 e. The molecule has 0 fully saturated rings. The second-order valence-electron chi connectivity index (χ2n) is 4.99. The lowest BCUT2D eigenvalue weighted by Crippen LogP contribution is -2.18. The van der Waals surface area contributed by atoms with Gasteiger partial charge in [-0.25, -0.2) is 5.43 Å². The molecule has 2 aromatic rings. The summed E-state index contributed by atoms with van der Waals surface area (Å²) in [5.41, 5.74) is 7.79. The third kappa shape index (κ3) is 3.91. The van der Waals surface area contributed by atoms with Gasteiger partial charge in [0.05, 0.1) is 11.8 Å². The van der Waals surface area contributed by atoms with Crippen LogP contribution in [-0.2, 0) is 0 Å². The number of nitrogens with zero attached hydrogens (tertiary/aromatic N) is 1. The fourth-order valence-corrected chi connectivity index (χ4v) is 2.89. The normalized spacial score (nSPS) is 10.9. The third-order valence-electron chi connectivity index (χ3n) is 3.22. The highest BCUT2D eigenvalue weighted by Gasteiger charge is 2.07. The average Bonchev–Trinajstić information content (AvgIpc) is 2.42. The molecule has 4 heteroatoms. The van der Waals surface area contributed by atoms with E-state index in [0.717, 1.165) is 20.3 Å². The molecule has 0 radical (unpaired) electrons. The number of rotatable bonds is 3. The highest BCUT2D eigenvalue weighted by Crippen LogP contribution is 2.14. The molecular weight excluding hydrogens is 375 g/mol. The molecule has 1 amide bonds. The van der Waals surface area contributed by atoms with Crippen molar-refractivity contribution in [1.29, 1.82) is 0 Å². The summed E-state index contributed by atoms with van der Waals surface area (Å²) in [5.74, 6) is -0.196. The van der Waals surface area contributed by atoms with Crippen LogP contribution in [0.2, 0.25) is 0 Å². The summed E-state index contributed by atoms with van der Waals surface area (Å²) in [4.78, 5) is 12.1. The fourth-order valence-electron chi connectivity index (χ4n) is 2.26. The first-order chi connectivity index (χ1) is 9.99. The molecule has 2 aromatic carbocycles. The van der Waals surface area contributed by atoms with E-state index in [9.17, 15) is 4.79 Å². The number of hydrogen-bond donors (Lipinski definition) is 1. The van der Waals surface area contributed by atoms with E-state index in [1.807, 2.05) is 32.0 Å². The number of benzene rings is 2. The number of aryl methyl sites for hydroxylation is 3. The first-order valence-electron chi connectivity index (χ1n) is 6.65. The molecule has 0 unspecified atom stereocenters. The number of nitrogens with one attached hydrogen (secondary N) is 1. The summed E-state index contributed by atoms with van der Waals surface area (Å²) in [7, 11) is 0. The first kappa shape index (κ1) is 15.7. The van der Waals surface area contributed by atoms with Crippen molar-refractivity contribution < 1.29 is 4.79 Å². The van der Waals surface area contributed by atoms with Crippen molar-refractivity contribution in [2.45, 2.75) is 20.8 Å². The third-order valence-corrected chi connectivity index (χ3v) is 4.16. The van der Waals surface area contributed by atoms with E-state index in [1.165, 1.54) is 5.56 Å². The van der Waals surface area contributed by atoms with Gasteiger partial charge in [-0.15, -0.1) is 0 Å². The van der Waals surface area contributed by atoms with Gasteiger partial charge in [-0.05, 0) is 66.6 Å². The van der Waals surface area contributed by atoms with Gasteiger partial charge >= 0.3 is 0 Å². The molecule has 0 bridgehead atoms. The molecule has 3 nitrogen and oxygen atoms in total. The number of halogens is 1. The molecule has 1 N–H and O–H groups in total. The van der Waals surface area contributed by atoms with Crippen molar-refractivity contribution in [3.8, 4) is 0 Å². The van der Waals surface area contributed by atoms with Crippen LogP contribution < -0.4 is 5.43 Å². The van der Waals surface area contributed by atoms with Crippen molar-refractivity contribution in [2.24, 2.45) is 5.10 Å². The van der Waals surface area contributed by atoms with Gasteiger partial charge < -0.3 is 0 Å². The van der Waals surface area contributed by atoms with Crippen molar-refractivity contribution in [1.82, 2.24) is 5.43 Å². The Bertz CT molecular complexity index is 685. The van der Waals surface area contributed by atoms with E-state index in [2.05, 4.69) is 52.2 Å². The molecule has 0 aliphatic rings. The molecule has 0 spiro atoms. The number of hydrazone groups is 1. The van der Waals surface area contributed by atoms with Crippen molar-refractivity contribution in [2.75, 3.05) is 0 Å². The Balaban J connectivity index is 2.13. The monoisotopic (exact) mass is 392 g/mol. The lowest BCUT2D eigenvalue weighted by Gasteiger charge is -2.07. The lowest BCUT2D eigenvalue weighted by molar-refractivity contribution is 0.0954. The number of hydrogen-bond acceptors (Lipinski definition) is 2. The molecule has 21 heavy (non-hydrogen) atoms. The van der Waals surface area contributed by atoms with Gasteiger partial charge in [-0.2, -0.15) is 5.10 Å². The quantitative estimate of drug-likeness (QED) is 0.479. The van der Waals surface area contributed by atoms with Gasteiger partial charge in [-0.3, -0.25) is 4.79 Å². The summed E-state index contributed by atoms with van der Waals surface area (Å²) in [6.07, 6.45) is 1.71. The van der Waals surface area contributed by atoms with Crippen LogP contribution in [0.1, 0.15) is 32.6 Å². The Morgan fingerprint density at radius 2 is 1.76 bits per heavy atom. The van der Waals surface area contributed by atoms with Crippen LogP contribution in [0.4, 0.5) is 0 Å². The predicted molar refractivity (Wildman–Crippen MR) is 94.9 cm³/mol. The molecule has 0 aliphatic heterocycles. The molecule has 108 valence electrons. The predicted octanol–water partition coefficient (Wildman–Crippen LogP) is 3.98. The Labute approximate surface area is 138 Å². The topological polar surface area (TPSA) is 41.5 Å². The Morgan fingerprint density at radius 1 is 1.14 bits per heavy atom. The zero-order valence-corrected chi connectivity index (χ0v) is 14.4. The van der Waals surface area contributed by atoms with Crippen LogP contribution in [0.25, 0.3) is 0 Å². The zero-order chi connectivity index (χ0) is 15.4. The minimum atomic E-state index is -0.196. The van der Waals surface area contributed by atoms with Crippen molar-refractivity contribution in [3.63, 3.8) is 0 Å². The first-order valence-corrected chi connectivity index (χ1v) is 7.72. The van der Waals surface area contributed by atoms with Crippen LogP contribution in [0.5, 0.6) is 0 Å².